The van der Waals surface area contributed by atoms with Gasteiger partial charge < -0.3 is 29.5 Å². The molecular weight excluding hydrogens is 464 g/mol. The molecule has 0 aliphatic heterocycles. The summed E-state index contributed by atoms with van der Waals surface area (Å²) in [5, 5.41) is 25.5. The largest absolute Gasteiger partial charge is 0.490 e. The maximum Gasteiger partial charge on any atom is 0.258 e. The van der Waals surface area contributed by atoms with Crippen molar-refractivity contribution in [2.45, 2.75) is 51.6 Å². The van der Waals surface area contributed by atoms with Gasteiger partial charge in [0.15, 0.2) is 0 Å². The van der Waals surface area contributed by atoms with E-state index in [1.807, 2.05) is 32.0 Å². The SMILES string of the molecule is CCc1cc(-c2noc(-c3cc(OC)nc(C4CCC4)c3)n2)cc(C)c1OC[C@@H](O)CNC(=O)CO. The molecule has 1 amide bonds. The van der Waals surface area contributed by atoms with Crippen LogP contribution in [0.15, 0.2) is 28.8 Å². The first-order valence-corrected chi connectivity index (χ1v) is 12.1. The third kappa shape index (κ3) is 5.83. The number of nitrogens with zero attached hydrogens (tertiary/aromatic N) is 3. The molecule has 192 valence electrons. The van der Waals surface area contributed by atoms with Crippen LogP contribution in [0.3, 0.4) is 0 Å². The fraction of sp³-hybridized carbons (Fsp3) is 0.462. The van der Waals surface area contributed by atoms with Gasteiger partial charge in [-0.05, 0) is 55.5 Å². The van der Waals surface area contributed by atoms with Crippen molar-refractivity contribution in [1.29, 1.82) is 0 Å². The van der Waals surface area contributed by atoms with Crippen molar-refractivity contribution >= 4 is 5.91 Å². The molecule has 3 aromatic rings. The zero-order chi connectivity index (χ0) is 25.7. The van der Waals surface area contributed by atoms with Crippen LogP contribution in [-0.4, -0.2) is 64.2 Å². The van der Waals surface area contributed by atoms with Gasteiger partial charge in [0.25, 0.3) is 5.89 Å². The molecule has 1 atom stereocenters. The van der Waals surface area contributed by atoms with E-state index in [9.17, 15) is 9.90 Å². The van der Waals surface area contributed by atoms with Crippen LogP contribution >= 0.6 is 0 Å². The third-order valence-corrected chi connectivity index (χ3v) is 6.32. The van der Waals surface area contributed by atoms with Crippen molar-refractivity contribution in [1.82, 2.24) is 20.4 Å². The predicted molar refractivity (Wildman–Crippen MR) is 132 cm³/mol. The van der Waals surface area contributed by atoms with E-state index < -0.39 is 18.6 Å². The van der Waals surface area contributed by atoms with E-state index in [1.54, 1.807) is 13.2 Å². The molecule has 1 fully saturated rings. The number of amides is 1. The van der Waals surface area contributed by atoms with Crippen LogP contribution < -0.4 is 14.8 Å². The number of hydrogen-bond acceptors (Lipinski definition) is 9. The fourth-order valence-electron chi connectivity index (χ4n) is 4.10. The molecule has 0 spiro atoms. The summed E-state index contributed by atoms with van der Waals surface area (Å²) in [5.74, 6) is 1.94. The molecule has 1 aliphatic rings. The van der Waals surface area contributed by atoms with E-state index >= 15 is 0 Å². The molecule has 2 heterocycles. The van der Waals surface area contributed by atoms with Gasteiger partial charge in [0, 0.05) is 35.3 Å². The minimum atomic E-state index is -0.911. The van der Waals surface area contributed by atoms with Crippen molar-refractivity contribution in [3.8, 4) is 34.5 Å². The van der Waals surface area contributed by atoms with E-state index in [2.05, 4.69) is 20.4 Å². The summed E-state index contributed by atoms with van der Waals surface area (Å²) in [6.45, 7) is 3.29. The molecule has 1 aromatic carbocycles. The Hall–Kier alpha value is -3.50. The van der Waals surface area contributed by atoms with Gasteiger partial charge in [-0.2, -0.15) is 4.98 Å². The number of benzene rings is 1. The van der Waals surface area contributed by atoms with Crippen molar-refractivity contribution < 1.29 is 29.0 Å². The second-order valence-electron chi connectivity index (χ2n) is 8.94. The number of carbonyl (C=O) groups excluding carboxylic acids is 1. The van der Waals surface area contributed by atoms with Crippen LogP contribution in [0, 0.1) is 6.92 Å². The Morgan fingerprint density at radius 1 is 1.22 bits per heavy atom. The number of aryl methyl sites for hydroxylation is 2. The molecule has 2 aromatic heterocycles. The lowest BCUT2D eigenvalue weighted by Crippen LogP contribution is -2.36. The van der Waals surface area contributed by atoms with Gasteiger partial charge in [0.05, 0.1) is 7.11 Å². The number of rotatable bonds is 11. The third-order valence-electron chi connectivity index (χ3n) is 6.32. The minimum absolute atomic E-state index is 0.00153. The Morgan fingerprint density at radius 3 is 2.69 bits per heavy atom. The molecule has 1 saturated carbocycles. The molecule has 0 unspecified atom stereocenters. The molecule has 4 rings (SSSR count). The summed E-state index contributed by atoms with van der Waals surface area (Å²) in [5.41, 5.74) is 4.35. The van der Waals surface area contributed by atoms with E-state index in [0.717, 1.165) is 40.8 Å². The van der Waals surface area contributed by atoms with Gasteiger partial charge >= 0.3 is 0 Å². The summed E-state index contributed by atoms with van der Waals surface area (Å²) >= 11 is 0. The first kappa shape index (κ1) is 25.6. The van der Waals surface area contributed by atoms with Gasteiger partial charge in [0.2, 0.25) is 17.6 Å². The van der Waals surface area contributed by atoms with Crippen molar-refractivity contribution in [2.24, 2.45) is 0 Å². The highest BCUT2D eigenvalue weighted by Crippen LogP contribution is 2.38. The summed E-state index contributed by atoms with van der Waals surface area (Å²) in [6.07, 6.45) is 3.23. The Kier molecular flexibility index (Phi) is 8.17. The molecule has 36 heavy (non-hydrogen) atoms. The lowest BCUT2D eigenvalue weighted by Gasteiger charge is -2.25. The number of aromatic nitrogens is 3. The molecule has 0 bridgehead atoms. The maximum absolute atomic E-state index is 11.2. The van der Waals surface area contributed by atoms with E-state index in [4.69, 9.17) is 19.1 Å². The van der Waals surface area contributed by atoms with Gasteiger partial charge in [-0.15, -0.1) is 0 Å². The smallest absolute Gasteiger partial charge is 0.258 e. The normalized spacial score (nSPS) is 14.2. The van der Waals surface area contributed by atoms with Gasteiger partial charge in [-0.1, -0.05) is 18.5 Å². The van der Waals surface area contributed by atoms with Crippen molar-refractivity contribution in [2.75, 3.05) is 26.9 Å². The monoisotopic (exact) mass is 496 g/mol. The van der Waals surface area contributed by atoms with Crippen LogP contribution in [0.5, 0.6) is 11.6 Å². The average molecular weight is 497 g/mol. The topological polar surface area (TPSA) is 140 Å². The highest BCUT2D eigenvalue weighted by atomic mass is 16.5. The number of nitrogens with one attached hydrogen (secondary N) is 1. The van der Waals surface area contributed by atoms with Gasteiger partial charge in [-0.3, -0.25) is 4.79 Å². The van der Waals surface area contributed by atoms with Gasteiger partial charge in [0.1, 0.15) is 25.1 Å². The fourth-order valence-corrected chi connectivity index (χ4v) is 4.10. The Bertz CT molecular complexity index is 1210. The molecular formula is C26H32N4O6. The Balaban J connectivity index is 1.52. The molecule has 10 heteroatoms. The Labute approximate surface area is 209 Å². The van der Waals surface area contributed by atoms with Gasteiger partial charge in [-0.25, -0.2) is 4.98 Å². The second-order valence-corrected chi connectivity index (χ2v) is 8.94. The number of ether oxygens (including phenoxy) is 2. The highest BCUT2D eigenvalue weighted by molar-refractivity contribution is 5.76. The van der Waals surface area contributed by atoms with E-state index in [-0.39, 0.29) is 13.2 Å². The molecule has 3 N–H and O–H groups in total. The zero-order valence-corrected chi connectivity index (χ0v) is 20.8. The first-order valence-electron chi connectivity index (χ1n) is 12.1. The number of carbonyl (C=O) groups is 1. The standard InChI is InChI=1S/C26H32N4O6/c1-4-16-9-18(8-15(2)24(16)35-14-20(32)12-27-22(33)13-31)25-29-26(36-30-25)19-10-21(17-6-5-7-17)28-23(11-19)34-3/h8-11,17,20,31-32H,4-7,12-14H2,1-3H3,(H,27,33)/t20-/m0/s1. The number of aliphatic hydroxyl groups is 2. The average Bonchev–Trinajstić information content (AvgIpc) is 3.35. The van der Waals surface area contributed by atoms with Crippen LogP contribution in [0.4, 0.5) is 0 Å². The molecule has 10 nitrogen and oxygen atoms in total. The summed E-state index contributed by atoms with van der Waals surface area (Å²) in [7, 11) is 1.60. The number of aliphatic hydroxyl groups excluding tert-OH is 2. The Morgan fingerprint density at radius 2 is 2.03 bits per heavy atom. The lowest BCUT2D eigenvalue weighted by atomic mass is 9.82. The molecule has 0 saturated heterocycles. The predicted octanol–water partition coefficient (Wildman–Crippen LogP) is 2.79. The summed E-state index contributed by atoms with van der Waals surface area (Å²) in [6, 6.07) is 7.66. The number of pyridine rings is 1. The summed E-state index contributed by atoms with van der Waals surface area (Å²) < 4.78 is 16.9. The maximum atomic E-state index is 11.2. The highest BCUT2D eigenvalue weighted by Gasteiger charge is 2.23. The van der Waals surface area contributed by atoms with Crippen molar-refractivity contribution in [3.63, 3.8) is 0 Å². The second kappa shape index (κ2) is 11.5. The van der Waals surface area contributed by atoms with Crippen LogP contribution in [0.2, 0.25) is 0 Å². The van der Waals surface area contributed by atoms with Crippen LogP contribution in [0.1, 0.15) is 48.9 Å². The number of methoxy groups -OCH3 is 1. The molecule has 1 aliphatic carbocycles. The van der Waals surface area contributed by atoms with Crippen LogP contribution in [-0.2, 0) is 11.2 Å². The minimum Gasteiger partial charge on any atom is -0.490 e. The number of hydrogen-bond donors (Lipinski definition) is 3. The van der Waals surface area contributed by atoms with Crippen LogP contribution in [0.25, 0.3) is 22.8 Å². The first-order chi connectivity index (χ1) is 17.4. The molecule has 0 radical (unpaired) electrons. The van der Waals surface area contributed by atoms with E-state index in [0.29, 0.717) is 35.7 Å². The lowest BCUT2D eigenvalue weighted by molar-refractivity contribution is -0.124. The van der Waals surface area contributed by atoms with Crippen molar-refractivity contribution in [3.05, 3.63) is 41.1 Å². The van der Waals surface area contributed by atoms with E-state index in [1.165, 1.54) is 6.42 Å². The summed E-state index contributed by atoms with van der Waals surface area (Å²) in [4.78, 5) is 20.4. The quantitative estimate of drug-likeness (QED) is 0.365. The zero-order valence-electron chi connectivity index (χ0n) is 20.8.